The Labute approximate surface area is 160 Å². The number of aromatic nitrogens is 1. The second-order valence-electron chi connectivity index (χ2n) is 5.40. The number of halogens is 1. The van der Waals surface area contributed by atoms with Crippen LogP contribution >= 0.6 is 11.6 Å². The first-order valence-electron chi connectivity index (χ1n) is 7.93. The zero-order valence-electron chi connectivity index (χ0n) is 14.0. The van der Waals surface area contributed by atoms with Crippen molar-refractivity contribution in [3.8, 4) is 5.75 Å². The zero-order valence-corrected chi connectivity index (χ0v) is 14.8. The molecule has 0 bridgehead atoms. The quantitative estimate of drug-likeness (QED) is 0.317. The van der Waals surface area contributed by atoms with E-state index in [1.54, 1.807) is 60.7 Å². The fourth-order valence-corrected chi connectivity index (χ4v) is 2.27. The van der Waals surface area contributed by atoms with E-state index in [9.17, 15) is 9.59 Å². The minimum Gasteiger partial charge on any atom is -0.423 e. The summed E-state index contributed by atoms with van der Waals surface area (Å²) in [6.45, 7) is 0. The van der Waals surface area contributed by atoms with Crippen LogP contribution in [0.4, 0.5) is 0 Å². The third-order valence-electron chi connectivity index (χ3n) is 3.47. The van der Waals surface area contributed by atoms with Crippen molar-refractivity contribution in [3.05, 3.63) is 94.8 Å². The molecule has 0 unspecified atom stereocenters. The Morgan fingerprint density at radius 3 is 2.48 bits per heavy atom. The number of carbonyl (C=O) groups is 2. The van der Waals surface area contributed by atoms with Crippen molar-refractivity contribution in [3.63, 3.8) is 0 Å². The average Bonchev–Trinajstić information content (AvgIpc) is 2.69. The van der Waals surface area contributed by atoms with Crippen LogP contribution in [-0.2, 0) is 0 Å². The maximum atomic E-state index is 12.1. The lowest BCUT2D eigenvalue weighted by Gasteiger charge is -2.05. The molecular formula is C20H14ClN3O3. The molecule has 0 fully saturated rings. The van der Waals surface area contributed by atoms with Gasteiger partial charge in [0.1, 0.15) is 5.75 Å². The summed E-state index contributed by atoms with van der Waals surface area (Å²) in [5.74, 6) is -0.481. The summed E-state index contributed by atoms with van der Waals surface area (Å²) in [6.07, 6.45) is 4.51. The number of hydrazone groups is 1. The van der Waals surface area contributed by atoms with Gasteiger partial charge in [0.05, 0.1) is 11.8 Å². The van der Waals surface area contributed by atoms with Crippen molar-refractivity contribution in [2.24, 2.45) is 5.10 Å². The molecule has 3 rings (SSSR count). The smallest absolute Gasteiger partial charge is 0.343 e. The van der Waals surface area contributed by atoms with Gasteiger partial charge < -0.3 is 4.74 Å². The fraction of sp³-hybridized carbons (Fsp3) is 0. The third kappa shape index (κ3) is 5.23. The number of amides is 1. The van der Waals surface area contributed by atoms with Crippen LogP contribution in [0.5, 0.6) is 5.75 Å². The van der Waals surface area contributed by atoms with Gasteiger partial charge >= 0.3 is 5.97 Å². The standard InChI is InChI=1S/C20H14ClN3O3/c21-17-6-4-16(5-7-17)20(26)27-18-3-1-2-14(12-18)13-23-24-19(25)15-8-10-22-11-9-15/h1-13H,(H,24,25)/b23-13+. The molecule has 0 spiro atoms. The number of esters is 1. The number of carbonyl (C=O) groups excluding carboxylic acids is 2. The van der Waals surface area contributed by atoms with Gasteiger partial charge in [0.25, 0.3) is 5.91 Å². The van der Waals surface area contributed by atoms with Crippen LogP contribution in [-0.4, -0.2) is 23.1 Å². The summed E-state index contributed by atoms with van der Waals surface area (Å²) in [5.41, 5.74) is 3.92. The van der Waals surface area contributed by atoms with Gasteiger partial charge in [0.15, 0.2) is 0 Å². The molecular weight excluding hydrogens is 366 g/mol. The predicted molar refractivity (Wildman–Crippen MR) is 102 cm³/mol. The van der Waals surface area contributed by atoms with E-state index < -0.39 is 5.97 Å². The molecule has 1 amide bonds. The van der Waals surface area contributed by atoms with Crippen molar-refractivity contribution in [1.29, 1.82) is 0 Å². The van der Waals surface area contributed by atoms with Gasteiger partial charge in [-0.15, -0.1) is 0 Å². The van der Waals surface area contributed by atoms with Gasteiger partial charge in [-0.3, -0.25) is 9.78 Å². The Bertz CT molecular complexity index is 973. The topological polar surface area (TPSA) is 80.6 Å². The van der Waals surface area contributed by atoms with Crippen LogP contribution in [0.15, 0.2) is 78.2 Å². The first-order valence-corrected chi connectivity index (χ1v) is 8.31. The van der Waals surface area contributed by atoms with Gasteiger partial charge in [0.2, 0.25) is 0 Å². The normalized spacial score (nSPS) is 10.6. The summed E-state index contributed by atoms with van der Waals surface area (Å²) in [4.78, 5) is 27.9. The SMILES string of the molecule is O=C(N/N=C/c1cccc(OC(=O)c2ccc(Cl)cc2)c1)c1ccncc1. The molecule has 1 aromatic heterocycles. The van der Waals surface area contributed by atoms with E-state index in [0.717, 1.165) is 0 Å². The van der Waals surface area contributed by atoms with Crippen molar-refractivity contribution in [2.75, 3.05) is 0 Å². The molecule has 7 heteroatoms. The molecule has 27 heavy (non-hydrogen) atoms. The van der Waals surface area contributed by atoms with E-state index in [1.165, 1.54) is 18.6 Å². The molecule has 1 N–H and O–H groups in total. The number of nitrogens with one attached hydrogen (secondary N) is 1. The summed E-state index contributed by atoms with van der Waals surface area (Å²) >= 11 is 5.81. The summed E-state index contributed by atoms with van der Waals surface area (Å²) in [6, 6.07) is 16.4. The lowest BCUT2D eigenvalue weighted by molar-refractivity contribution is 0.0734. The highest BCUT2D eigenvalue weighted by molar-refractivity contribution is 6.30. The monoisotopic (exact) mass is 379 g/mol. The predicted octanol–water partition coefficient (Wildman–Crippen LogP) is 3.72. The van der Waals surface area contributed by atoms with E-state index in [1.807, 2.05) is 0 Å². The van der Waals surface area contributed by atoms with E-state index in [-0.39, 0.29) is 5.91 Å². The highest BCUT2D eigenvalue weighted by atomic mass is 35.5. The van der Waals surface area contributed by atoms with Crippen LogP contribution in [0.3, 0.4) is 0 Å². The zero-order chi connectivity index (χ0) is 19.1. The second kappa shape index (κ2) is 8.73. The van der Waals surface area contributed by atoms with E-state index >= 15 is 0 Å². The molecule has 0 saturated heterocycles. The molecule has 6 nitrogen and oxygen atoms in total. The first-order chi connectivity index (χ1) is 13.1. The number of pyridine rings is 1. The fourth-order valence-electron chi connectivity index (χ4n) is 2.14. The minimum absolute atomic E-state index is 0.348. The molecule has 0 radical (unpaired) electrons. The second-order valence-corrected chi connectivity index (χ2v) is 5.84. The van der Waals surface area contributed by atoms with Crippen LogP contribution in [0.2, 0.25) is 5.02 Å². The van der Waals surface area contributed by atoms with Crippen molar-refractivity contribution >= 4 is 29.7 Å². The Morgan fingerprint density at radius 1 is 1.00 bits per heavy atom. The van der Waals surface area contributed by atoms with Gasteiger partial charge in [-0.2, -0.15) is 5.10 Å². The highest BCUT2D eigenvalue weighted by Gasteiger charge is 2.08. The van der Waals surface area contributed by atoms with Crippen molar-refractivity contribution in [1.82, 2.24) is 10.4 Å². The van der Waals surface area contributed by atoms with Crippen LogP contribution < -0.4 is 10.2 Å². The average molecular weight is 380 g/mol. The molecule has 0 aliphatic carbocycles. The summed E-state index contributed by atoms with van der Waals surface area (Å²) < 4.78 is 5.34. The molecule has 1 heterocycles. The number of ether oxygens (including phenoxy) is 1. The lowest BCUT2D eigenvalue weighted by Crippen LogP contribution is -2.17. The minimum atomic E-state index is -0.494. The molecule has 134 valence electrons. The van der Waals surface area contributed by atoms with Crippen LogP contribution in [0.25, 0.3) is 0 Å². The van der Waals surface area contributed by atoms with Gasteiger partial charge in [-0.05, 0) is 54.1 Å². The van der Waals surface area contributed by atoms with E-state index in [0.29, 0.717) is 27.5 Å². The lowest BCUT2D eigenvalue weighted by atomic mass is 10.2. The third-order valence-corrected chi connectivity index (χ3v) is 3.72. The Hall–Kier alpha value is -3.51. The number of benzene rings is 2. The Kier molecular flexibility index (Phi) is 5.91. The van der Waals surface area contributed by atoms with Gasteiger partial charge in [-0.25, -0.2) is 10.2 Å². The van der Waals surface area contributed by atoms with Gasteiger partial charge in [0, 0.05) is 23.0 Å². The Balaban J connectivity index is 1.62. The number of rotatable bonds is 5. The molecule has 0 aliphatic heterocycles. The number of hydrogen-bond acceptors (Lipinski definition) is 5. The highest BCUT2D eigenvalue weighted by Crippen LogP contribution is 2.16. The Morgan fingerprint density at radius 2 is 1.74 bits per heavy atom. The molecule has 0 aliphatic rings. The molecule has 0 saturated carbocycles. The van der Waals surface area contributed by atoms with E-state index in [4.69, 9.17) is 16.3 Å². The largest absolute Gasteiger partial charge is 0.423 e. The van der Waals surface area contributed by atoms with Crippen LogP contribution in [0.1, 0.15) is 26.3 Å². The number of hydrogen-bond donors (Lipinski definition) is 1. The van der Waals surface area contributed by atoms with Crippen molar-refractivity contribution < 1.29 is 14.3 Å². The molecule has 2 aromatic carbocycles. The summed E-state index contributed by atoms with van der Waals surface area (Å²) in [5, 5.41) is 4.45. The van der Waals surface area contributed by atoms with Crippen molar-refractivity contribution in [2.45, 2.75) is 0 Å². The van der Waals surface area contributed by atoms with Gasteiger partial charge in [-0.1, -0.05) is 23.7 Å². The molecule has 3 aromatic rings. The maximum absolute atomic E-state index is 12.1. The maximum Gasteiger partial charge on any atom is 0.343 e. The summed E-state index contributed by atoms with van der Waals surface area (Å²) in [7, 11) is 0. The molecule has 0 atom stereocenters. The van der Waals surface area contributed by atoms with E-state index in [2.05, 4.69) is 15.5 Å². The first kappa shape index (κ1) is 18.3. The van der Waals surface area contributed by atoms with Crippen LogP contribution in [0, 0.1) is 0 Å². The number of nitrogens with zero attached hydrogens (tertiary/aromatic N) is 2.